The van der Waals surface area contributed by atoms with Gasteiger partial charge >= 0.3 is 5.97 Å². The van der Waals surface area contributed by atoms with Gasteiger partial charge in [-0.2, -0.15) is 0 Å². The number of rotatable bonds is 4. The Labute approximate surface area is 186 Å². The lowest BCUT2D eigenvalue weighted by Gasteiger charge is -2.39. The van der Waals surface area contributed by atoms with E-state index in [-0.39, 0.29) is 23.9 Å². The number of hydrogen-bond acceptors (Lipinski definition) is 8. The molecule has 1 aliphatic heterocycles. The highest BCUT2D eigenvalue weighted by molar-refractivity contribution is 5.89. The van der Waals surface area contributed by atoms with Crippen LogP contribution >= 0.6 is 0 Å². The molecule has 2 atom stereocenters. The van der Waals surface area contributed by atoms with Gasteiger partial charge in [0.1, 0.15) is 11.9 Å². The Morgan fingerprint density at radius 1 is 1.19 bits per heavy atom. The standard InChI is InChI=1S/C24H26N4O4/c1-14-10-16(24(30)31-3)8-9-17(14)22-13-28(12-15(2)32-22)20-11-19(26-27-23(20)25)18-6-4-5-7-21(18)29/h4-11,15,22,29H,12-13H2,1-3H3,(H2,25,27)/t15-,22-/m0/s1. The van der Waals surface area contributed by atoms with Crippen LogP contribution in [0.4, 0.5) is 11.5 Å². The average molecular weight is 434 g/mol. The molecule has 1 aromatic heterocycles. The molecule has 1 saturated heterocycles. The van der Waals surface area contributed by atoms with Crippen LogP contribution in [-0.2, 0) is 9.47 Å². The van der Waals surface area contributed by atoms with Crippen LogP contribution < -0.4 is 10.6 Å². The Bertz CT molecular complexity index is 1150. The molecule has 0 amide bonds. The second kappa shape index (κ2) is 8.84. The first kappa shape index (κ1) is 21.6. The lowest BCUT2D eigenvalue weighted by molar-refractivity contribution is -0.0176. The molecule has 8 nitrogen and oxygen atoms in total. The first-order valence-electron chi connectivity index (χ1n) is 10.4. The smallest absolute Gasteiger partial charge is 0.337 e. The molecule has 2 aromatic carbocycles. The first-order chi connectivity index (χ1) is 15.4. The number of hydrogen-bond donors (Lipinski definition) is 2. The number of nitrogen functional groups attached to an aromatic ring is 1. The third-order valence-electron chi connectivity index (χ3n) is 5.62. The molecule has 3 N–H and O–H groups in total. The van der Waals surface area contributed by atoms with Gasteiger partial charge in [0, 0.05) is 18.7 Å². The minimum atomic E-state index is -0.369. The van der Waals surface area contributed by atoms with Crippen molar-refractivity contribution in [1.82, 2.24) is 10.2 Å². The fourth-order valence-corrected chi connectivity index (χ4v) is 4.07. The Morgan fingerprint density at radius 2 is 1.97 bits per heavy atom. The summed E-state index contributed by atoms with van der Waals surface area (Å²) in [6, 6.07) is 14.3. The maximum atomic E-state index is 11.8. The van der Waals surface area contributed by atoms with Gasteiger partial charge in [0.2, 0.25) is 0 Å². The zero-order valence-corrected chi connectivity index (χ0v) is 18.3. The van der Waals surface area contributed by atoms with Gasteiger partial charge < -0.3 is 25.2 Å². The van der Waals surface area contributed by atoms with E-state index in [1.54, 1.807) is 24.3 Å². The van der Waals surface area contributed by atoms with Crippen molar-refractivity contribution in [3.8, 4) is 17.0 Å². The van der Waals surface area contributed by atoms with Gasteiger partial charge in [-0.25, -0.2) is 4.79 Å². The largest absolute Gasteiger partial charge is 0.507 e. The van der Waals surface area contributed by atoms with E-state index in [0.29, 0.717) is 35.7 Å². The van der Waals surface area contributed by atoms with Gasteiger partial charge in [-0.05, 0) is 55.3 Å². The number of morpholine rings is 1. The highest BCUT2D eigenvalue weighted by atomic mass is 16.5. The van der Waals surface area contributed by atoms with Crippen LogP contribution in [0.5, 0.6) is 5.75 Å². The van der Waals surface area contributed by atoms with Crippen molar-refractivity contribution in [1.29, 1.82) is 0 Å². The number of aromatic hydroxyl groups is 1. The van der Waals surface area contributed by atoms with Gasteiger partial charge in [0.05, 0.1) is 30.2 Å². The summed E-state index contributed by atoms with van der Waals surface area (Å²) in [4.78, 5) is 14.0. The quantitative estimate of drug-likeness (QED) is 0.601. The molecule has 0 bridgehead atoms. The predicted octanol–water partition coefficient (Wildman–Crippen LogP) is 3.49. The van der Waals surface area contributed by atoms with E-state index >= 15 is 0 Å². The van der Waals surface area contributed by atoms with Gasteiger partial charge in [0.15, 0.2) is 5.82 Å². The molecule has 2 heterocycles. The summed E-state index contributed by atoms with van der Waals surface area (Å²) in [5.41, 5.74) is 10.5. The number of carbonyl (C=O) groups excluding carboxylic acids is 1. The third kappa shape index (κ3) is 4.22. The topological polar surface area (TPSA) is 111 Å². The van der Waals surface area contributed by atoms with Crippen molar-refractivity contribution < 1.29 is 19.4 Å². The van der Waals surface area contributed by atoms with E-state index in [4.69, 9.17) is 15.2 Å². The van der Waals surface area contributed by atoms with E-state index in [9.17, 15) is 9.90 Å². The van der Waals surface area contributed by atoms with Gasteiger partial charge in [0.25, 0.3) is 0 Å². The first-order valence-corrected chi connectivity index (χ1v) is 10.4. The molecule has 4 rings (SSSR count). The number of phenolic OH excluding ortho intramolecular Hbond substituents is 1. The zero-order valence-electron chi connectivity index (χ0n) is 18.3. The van der Waals surface area contributed by atoms with Crippen LogP contribution in [0.1, 0.15) is 34.5 Å². The van der Waals surface area contributed by atoms with Crippen molar-refractivity contribution in [2.75, 3.05) is 30.8 Å². The predicted molar refractivity (Wildman–Crippen MR) is 122 cm³/mol. The Hall–Kier alpha value is -3.65. The van der Waals surface area contributed by atoms with E-state index in [1.807, 2.05) is 38.1 Å². The summed E-state index contributed by atoms with van der Waals surface area (Å²) in [6.45, 7) is 5.14. The van der Waals surface area contributed by atoms with E-state index in [2.05, 4.69) is 15.1 Å². The Morgan fingerprint density at radius 3 is 2.69 bits per heavy atom. The van der Waals surface area contributed by atoms with Crippen LogP contribution in [-0.4, -0.2) is 47.6 Å². The second-order valence-corrected chi connectivity index (χ2v) is 7.92. The number of carbonyl (C=O) groups is 1. The van der Waals surface area contributed by atoms with Gasteiger partial charge in [-0.15, -0.1) is 10.2 Å². The van der Waals surface area contributed by atoms with Crippen molar-refractivity contribution in [3.63, 3.8) is 0 Å². The third-order valence-corrected chi connectivity index (χ3v) is 5.62. The summed E-state index contributed by atoms with van der Waals surface area (Å²) in [6.07, 6.45) is -0.277. The molecular weight excluding hydrogens is 408 g/mol. The maximum absolute atomic E-state index is 11.8. The number of ether oxygens (including phenoxy) is 2. The zero-order chi connectivity index (χ0) is 22.8. The summed E-state index contributed by atoms with van der Waals surface area (Å²) >= 11 is 0. The van der Waals surface area contributed by atoms with E-state index in [0.717, 1.165) is 16.8 Å². The van der Waals surface area contributed by atoms with E-state index < -0.39 is 0 Å². The molecule has 1 fully saturated rings. The highest BCUT2D eigenvalue weighted by Crippen LogP contribution is 2.35. The molecule has 0 aliphatic carbocycles. The van der Waals surface area contributed by atoms with Crippen LogP contribution in [0.15, 0.2) is 48.5 Å². The number of aryl methyl sites for hydroxylation is 1. The van der Waals surface area contributed by atoms with Crippen molar-refractivity contribution >= 4 is 17.5 Å². The molecule has 8 heteroatoms. The molecule has 3 aromatic rings. The number of para-hydroxylation sites is 1. The van der Waals surface area contributed by atoms with Crippen LogP contribution in [0.2, 0.25) is 0 Å². The summed E-state index contributed by atoms with van der Waals surface area (Å²) in [5.74, 6) is 0.0772. The molecule has 0 radical (unpaired) electrons. The van der Waals surface area contributed by atoms with Gasteiger partial charge in [-0.3, -0.25) is 0 Å². The number of nitrogens with two attached hydrogens (primary N) is 1. The molecule has 166 valence electrons. The lowest BCUT2D eigenvalue weighted by atomic mass is 9.98. The van der Waals surface area contributed by atoms with E-state index in [1.165, 1.54) is 7.11 Å². The summed E-state index contributed by atoms with van der Waals surface area (Å²) in [5, 5.41) is 18.5. The SMILES string of the molecule is COC(=O)c1ccc([C@@H]2CN(c3cc(-c4ccccc4O)nnc3N)C[C@H](C)O2)c(C)c1. The molecule has 1 aliphatic rings. The van der Waals surface area contributed by atoms with Crippen molar-refractivity contribution in [2.24, 2.45) is 0 Å². The van der Waals surface area contributed by atoms with Crippen LogP contribution in [0.3, 0.4) is 0 Å². The fourth-order valence-electron chi connectivity index (χ4n) is 4.07. The molecule has 0 spiro atoms. The molecular formula is C24H26N4O4. The minimum absolute atomic E-state index is 0.0606. The van der Waals surface area contributed by atoms with Crippen LogP contribution in [0.25, 0.3) is 11.3 Å². The number of phenols is 1. The number of methoxy groups -OCH3 is 1. The lowest BCUT2D eigenvalue weighted by Crippen LogP contribution is -2.43. The fraction of sp³-hybridized carbons (Fsp3) is 0.292. The Balaban J connectivity index is 1.65. The van der Waals surface area contributed by atoms with Crippen LogP contribution in [0, 0.1) is 6.92 Å². The van der Waals surface area contributed by atoms with Gasteiger partial charge in [-0.1, -0.05) is 18.2 Å². The highest BCUT2D eigenvalue weighted by Gasteiger charge is 2.29. The normalized spacial score (nSPS) is 18.4. The monoisotopic (exact) mass is 434 g/mol. The molecule has 0 saturated carbocycles. The number of nitrogens with zero attached hydrogens (tertiary/aromatic N) is 3. The summed E-state index contributed by atoms with van der Waals surface area (Å²) in [7, 11) is 1.37. The summed E-state index contributed by atoms with van der Waals surface area (Å²) < 4.78 is 11.0. The second-order valence-electron chi connectivity index (χ2n) is 7.92. The number of aromatic nitrogens is 2. The minimum Gasteiger partial charge on any atom is -0.507 e. The maximum Gasteiger partial charge on any atom is 0.337 e. The number of anilines is 2. The average Bonchev–Trinajstić information content (AvgIpc) is 2.78. The number of benzene rings is 2. The van der Waals surface area contributed by atoms with Crippen molar-refractivity contribution in [2.45, 2.75) is 26.1 Å². The number of esters is 1. The molecule has 32 heavy (non-hydrogen) atoms. The molecule has 0 unspecified atom stereocenters. The van der Waals surface area contributed by atoms with Crippen molar-refractivity contribution in [3.05, 3.63) is 65.2 Å². The Kier molecular flexibility index (Phi) is 5.96.